The second-order valence-corrected chi connectivity index (χ2v) is 5.45. The van der Waals surface area contributed by atoms with Gasteiger partial charge in [-0.2, -0.15) is 0 Å². The van der Waals surface area contributed by atoms with Crippen molar-refractivity contribution in [2.75, 3.05) is 19.7 Å². The average Bonchev–Trinajstić information content (AvgIpc) is 2.74. The van der Waals surface area contributed by atoms with E-state index in [-0.39, 0.29) is 30.3 Å². The van der Waals surface area contributed by atoms with Crippen LogP contribution in [0.5, 0.6) is 0 Å². The Morgan fingerprint density at radius 1 is 1.39 bits per heavy atom. The number of carboxylic acids is 1. The van der Waals surface area contributed by atoms with Crippen LogP contribution < -0.4 is 0 Å². The summed E-state index contributed by atoms with van der Waals surface area (Å²) in [7, 11) is 0. The number of carboxylic acid groups (broad SMARTS) is 1. The van der Waals surface area contributed by atoms with E-state index in [2.05, 4.69) is 0 Å². The number of rotatable bonds is 3. The van der Waals surface area contributed by atoms with Crippen LogP contribution in [-0.2, 0) is 14.3 Å². The van der Waals surface area contributed by atoms with Crippen molar-refractivity contribution < 1.29 is 19.4 Å². The fourth-order valence-corrected chi connectivity index (χ4v) is 2.87. The second-order valence-electron chi connectivity index (χ2n) is 5.45. The second kappa shape index (κ2) is 5.69. The Kier molecular flexibility index (Phi) is 4.22. The lowest BCUT2D eigenvalue weighted by atomic mass is 9.93. The van der Waals surface area contributed by atoms with Crippen LogP contribution in [-0.4, -0.2) is 47.7 Å². The van der Waals surface area contributed by atoms with E-state index in [9.17, 15) is 9.59 Å². The van der Waals surface area contributed by atoms with E-state index in [0.717, 1.165) is 25.8 Å². The van der Waals surface area contributed by atoms with Crippen LogP contribution in [0.2, 0.25) is 0 Å². The molecule has 0 aromatic rings. The molecule has 1 N–H and O–H groups in total. The molecule has 1 amide bonds. The van der Waals surface area contributed by atoms with Crippen LogP contribution in [0.4, 0.5) is 0 Å². The topological polar surface area (TPSA) is 66.8 Å². The van der Waals surface area contributed by atoms with Gasteiger partial charge in [0.15, 0.2) is 0 Å². The molecule has 5 heteroatoms. The molecule has 102 valence electrons. The van der Waals surface area contributed by atoms with Crippen molar-refractivity contribution in [3.8, 4) is 0 Å². The normalized spacial score (nSPS) is 32.5. The van der Waals surface area contributed by atoms with Crippen molar-refractivity contribution in [2.24, 2.45) is 11.8 Å². The van der Waals surface area contributed by atoms with Gasteiger partial charge in [-0.05, 0) is 31.1 Å². The lowest BCUT2D eigenvalue weighted by Crippen LogP contribution is -2.46. The van der Waals surface area contributed by atoms with Crippen LogP contribution in [0.25, 0.3) is 0 Å². The summed E-state index contributed by atoms with van der Waals surface area (Å²) in [6.07, 6.45) is 2.57. The SMILES string of the molecule is CC1CCOC1C(=O)N1CCCC(CC(=O)O)C1. The zero-order chi connectivity index (χ0) is 13.1. The minimum Gasteiger partial charge on any atom is -0.481 e. The van der Waals surface area contributed by atoms with Gasteiger partial charge in [0.25, 0.3) is 5.91 Å². The van der Waals surface area contributed by atoms with Crippen LogP contribution in [0.3, 0.4) is 0 Å². The Hall–Kier alpha value is -1.10. The number of amides is 1. The molecule has 2 fully saturated rings. The number of carbonyl (C=O) groups is 2. The van der Waals surface area contributed by atoms with E-state index in [0.29, 0.717) is 13.2 Å². The molecular weight excluding hydrogens is 234 g/mol. The van der Waals surface area contributed by atoms with E-state index in [1.165, 1.54) is 0 Å². The van der Waals surface area contributed by atoms with Crippen molar-refractivity contribution in [3.63, 3.8) is 0 Å². The Bertz CT molecular complexity index is 331. The first-order chi connectivity index (χ1) is 8.58. The standard InChI is InChI=1S/C13H21NO4/c1-9-4-6-18-12(9)13(17)14-5-2-3-10(8-14)7-11(15)16/h9-10,12H,2-8H2,1H3,(H,15,16). The molecule has 5 nitrogen and oxygen atoms in total. The Labute approximate surface area is 107 Å². The van der Waals surface area contributed by atoms with Gasteiger partial charge in [0.05, 0.1) is 0 Å². The zero-order valence-corrected chi connectivity index (χ0v) is 10.8. The lowest BCUT2D eigenvalue weighted by Gasteiger charge is -2.34. The van der Waals surface area contributed by atoms with Gasteiger partial charge < -0.3 is 14.7 Å². The highest BCUT2D eigenvalue weighted by Gasteiger charge is 2.36. The summed E-state index contributed by atoms with van der Waals surface area (Å²) in [6, 6.07) is 0. The molecule has 2 heterocycles. The fraction of sp³-hybridized carbons (Fsp3) is 0.846. The summed E-state index contributed by atoms with van der Waals surface area (Å²) < 4.78 is 5.49. The number of hydrogen-bond donors (Lipinski definition) is 1. The van der Waals surface area contributed by atoms with Crippen LogP contribution in [0, 0.1) is 11.8 Å². The third kappa shape index (κ3) is 3.02. The third-order valence-electron chi connectivity index (χ3n) is 3.92. The molecule has 0 bridgehead atoms. The molecule has 2 aliphatic rings. The number of hydrogen-bond acceptors (Lipinski definition) is 3. The summed E-state index contributed by atoms with van der Waals surface area (Å²) in [6.45, 7) is 4.00. The van der Waals surface area contributed by atoms with Gasteiger partial charge in [0.1, 0.15) is 6.10 Å². The van der Waals surface area contributed by atoms with Gasteiger partial charge in [-0.25, -0.2) is 0 Å². The van der Waals surface area contributed by atoms with E-state index in [4.69, 9.17) is 9.84 Å². The molecule has 2 aliphatic heterocycles. The van der Waals surface area contributed by atoms with Gasteiger partial charge in [0, 0.05) is 26.1 Å². The average molecular weight is 255 g/mol. The summed E-state index contributed by atoms with van der Waals surface area (Å²) in [5.41, 5.74) is 0. The maximum Gasteiger partial charge on any atom is 0.303 e. The first-order valence-corrected chi connectivity index (χ1v) is 6.70. The molecule has 0 aliphatic carbocycles. The number of carbonyl (C=O) groups excluding carboxylic acids is 1. The molecule has 3 atom stereocenters. The summed E-state index contributed by atoms with van der Waals surface area (Å²) >= 11 is 0. The highest BCUT2D eigenvalue weighted by Crippen LogP contribution is 2.25. The minimum absolute atomic E-state index is 0.0510. The lowest BCUT2D eigenvalue weighted by molar-refractivity contribution is -0.146. The quantitative estimate of drug-likeness (QED) is 0.820. The van der Waals surface area contributed by atoms with Crippen molar-refractivity contribution in [2.45, 2.75) is 38.7 Å². The van der Waals surface area contributed by atoms with Gasteiger partial charge in [-0.1, -0.05) is 6.92 Å². The van der Waals surface area contributed by atoms with Gasteiger partial charge in [0.2, 0.25) is 0 Å². The Morgan fingerprint density at radius 2 is 2.17 bits per heavy atom. The number of piperidine rings is 1. The molecule has 0 spiro atoms. The van der Waals surface area contributed by atoms with E-state index < -0.39 is 5.97 Å². The number of ether oxygens (including phenoxy) is 1. The van der Waals surface area contributed by atoms with Crippen LogP contribution in [0.1, 0.15) is 32.6 Å². The molecule has 18 heavy (non-hydrogen) atoms. The highest BCUT2D eigenvalue weighted by atomic mass is 16.5. The molecule has 0 aromatic carbocycles. The summed E-state index contributed by atoms with van der Waals surface area (Å²) in [5.74, 6) is -0.357. The van der Waals surface area contributed by atoms with Crippen molar-refractivity contribution in [3.05, 3.63) is 0 Å². The molecule has 0 radical (unpaired) electrons. The van der Waals surface area contributed by atoms with Gasteiger partial charge in [-0.15, -0.1) is 0 Å². The molecule has 2 saturated heterocycles. The monoisotopic (exact) mass is 255 g/mol. The summed E-state index contributed by atoms with van der Waals surface area (Å²) in [5, 5.41) is 8.82. The predicted molar refractivity (Wildman–Crippen MR) is 65.1 cm³/mol. The first-order valence-electron chi connectivity index (χ1n) is 6.70. The van der Waals surface area contributed by atoms with E-state index >= 15 is 0 Å². The fourth-order valence-electron chi connectivity index (χ4n) is 2.87. The van der Waals surface area contributed by atoms with Crippen molar-refractivity contribution >= 4 is 11.9 Å². The maximum atomic E-state index is 12.3. The smallest absolute Gasteiger partial charge is 0.303 e. The first kappa shape index (κ1) is 13.3. The van der Waals surface area contributed by atoms with Gasteiger partial charge in [-0.3, -0.25) is 9.59 Å². The van der Waals surface area contributed by atoms with E-state index in [1.54, 1.807) is 4.90 Å². The molecule has 2 rings (SSSR count). The summed E-state index contributed by atoms with van der Waals surface area (Å²) in [4.78, 5) is 24.8. The van der Waals surface area contributed by atoms with Crippen LogP contribution >= 0.6 is 0 Å². The molecule has 0 saturated carbocycles. The van der Waals surface area contributed by atoms with Gasteiger partial charge >= 0.3 is 5.97 Å². The number of likely N-dealkylation sites (tertiary alicyclic amines) is 1. The molecule has 0 aromatic heterocycles. The van der Waals surface area contributed by atoms with Crippen LogP contribution in [0.15, 0.2) is 0 Å². The Balaban J connectivity index is 1.91. The number of nitrogens with zero attached hydrogens (tertiary/aromatic N) is 1. The largest absolute Gasteiger partial charge is 0.481 e. The van der Waals surface area contributed by atoms with Crippen molar-refractivity contribution in [1.82, 2.24) is 4.90 Å². The molecular formula is C13H21NO4. The molecule has 3 unspecified atom stereocenters. The third-order valence-corrected chi connectivity index (χ3v) is 3.92. The van der Waals surface area contributed by atoms with Crippen molar-refractivity contribution in [1.29, 1.82) is 0 Å². The Morgan fingerprint density at radius 3 is 2.78 bits per heavy atom. The maximum absolute atomic E-state index is 12.3. The van der Waals surface area contributed by atoms with E-state index in [1.807, 2.05) is 6.92 Å². The minimum atomic E-state index is -0.778. The number of aliphatic carboxylic acids is 1. The highest BCUT2D eigenvalue weighted by molar-refractivity contribution is 5.81. The predicted octanol–water partition coefficient (Wildman–Crippen LogP) is 1.12. The zero-order valence-electron chi connectivity index (χ0n) is 10.8.